The molecule has 1 aliphatic heterocycles. The summed E-state index contributed by atoms with van der Waals surface area (Å²) in [6.07, 6.45) is 4.33. The second kappa shape index (κ2) is 7.65. The first-order chi connectivity index (χ1) is 11.3. The van der Waals surface area contributed by atoms with Crippen molar-refractivity contribution in [1.29, 1.82) is 0 Å². The molecule has 1 saturated heterocycles. The van der Waals surface area contributed by atoms with Gasteiger partial charge in [0.05, 0.1) is 5.01 Å². The predicted molar refractivity (Wildman–Crippen MR) is 84.4 cm³/mol. The fraction of sp³-hybridized carbons (Fsp3) is 0.600. The number of aryl methyl sites for hydroxylation is 1. The van der Waals surface area contributed by atoms with E-state index in [1.54, 1.807) is 5.38 Å². The van der Waals surface area contributed by atoms with Crippen LogP contribution in [-0.4, -0.2) is 34.2 Å². The van der Waals surface area contributed by atoms with Gasteiger partial charge in [-0.15, -0.1) is 11.3 Å². The van der Waals surface area contributed by atoms with Crippen LogP contribution in [0.3, 0.4) is 0 Å². The Kier molecular flexibility index (Phi) is 5.35. The highest BCUT2D eigenvalue weighted by Crippen LogP contribution is 2.26. The van der Waals surface area contributed by atoms with Crippen molar-refractivity contribution in [2.45, 2.75) is 45.1 Å². The maximum atomic E-state index is 12.0. The van der Waals surface area contributed by atoms with E-state index < -0.39 is 0 Å². The molecule has 1 aliphatic rings. The van der Waals surface area contributed by atoms with E-state index in [-0.39, 0.29) is 12.0 Å². The second-order valence-electron chi connectivity index (χ2n) is 5.43. The molecule has 0 bridgehead atoms. The highest BCUT2D eigenvalue weighted by atomic mass is 32.1. The summed E-state index contributed by atoms with van der Waals surface area (Å²) < 4.78 is 10.7. The minimum Gasteiger partial charge on any atom is -0.368 e. The lowest BCUT2D eigenvalue weighted by atomic mass is 10.2. The Morgan fingerprint density at radius 2 is 2.35 bits per heavy atom. The van der Waals surface area contributed by atoms with Crippen molar-refractivity contribution in [3.05, 3.63) is 27.8 Å². The van der Waals surface area contributed by atoms with Gasteiger partial charge in [-0.2, -0.15) is 4.98 Å². The monoisotopic (exact) mass is 336 g/mol. The fourth-order valence-electron chi connectivity index (χ4n) is 2.39. The molecule has 1 amide bonds. The summed E-state index contributed by atoms with van der Waals surface area (Å²) in [4.78, 5) is 20.7. The largest absolute Gasteiger partial charge is 0.368 e. The maximum Gasteiger partial charge on any atom is 0.270 e. The van der Waals surface area contributed by atoms with Crippen molar-refractivity contribution in [3.8, 4) is 0 Å². The van der Waals surface area contributed by atoms with E-state index in [2.05, 4.69) is 27.4 Å². The van der Waals surface area contributed by atoms with Crippen LogP contribution in [0, 0.1) is 0 Å². The molecule has 0 saturated carbocycles. The molecule has 0 aromatic carbocycles. The first-order valence-electron chi connectivity index (χ1n) is 7.93. The minimum absolute atomic E-state index is 0.0714. The highest BCUT2D eigenvalue weighted by molar-refractivity contribution is 7.09. The van der Waals surface area contributed by atoms with E-state index in [1.165, 1.54) is 11.3 Å². The fourth-order valence-corrected chi connectivity index (χ4v) is 3.27. The topological polar surface area (TPSA) is 90.1 Å². The number of ether oxygens (including phenoxy) is 1. The number of hydrogen-bond acceptors (Lipinski definition) is 7. The van der Waals surface area contributed by atoms with Crippen LogP contribution < -0.4 is 5.32 Å². The zero-order valence-electron chi connectivity index (χ0n) is 13.1. The molecule has 23 heavy (non-hydrogen) atoms. The van der Waals surface area contributed by atoms with E-state index in [4.69, 9.17) is 9.26 Å². The van der Waals surface area contributed by atoms with E-state index in [0.717, 1.165) is 37.3 Å². The van der Waals surface area contributed by atoms with Crippen LogP contribution in [0.4, 0.5) is 0 Å². The van der Waals surface area contributed by atoms with Crippen LogP contribution in [0.2, 0.25) is 0 Å². The molecule has 0 unspecified atom stereocenters. The molecule has 1 fully saturated rings. The molecule has 0 spiro atoms. The number of carbonyl (C=O) groups is 1. The van der Waals surface area contributed by atoms with E-state index in [1.807, 2.05) is 0 Å². The number of rotatable bonds is 7. The van der Waals surface area contributed by atoms with Crippen LogP contribution in [0.15, 0.2) is 9.90 Å². The molecular formula is C15H20N4O3S. The van der Waals surface area contributed by atoms with Crippen LogP contribution in [0.5, 0.6) is 0 Å². The van der Waals surface area contributed by atoms with Gasteiger partial charge in [0, 0.05) is 25.0 Å². The van der Waals surface area contributed by atoms with Gasteiger partial charge in [0.15, 0.2) is 5.82 Å². The van der Waals surface area contributed by atoms with E-state index >= 15 is 0 Å². The third-order valence-electron chi connectivity index (χ3n) is 3.57. The molecule has 124 valence electrons. The average molecular weight is 336 g/mol. The van der Waals surface area contributed by atoms with E-state index in [0.29, 0.717) is 30.4 Å². The molecular weight excluding hydrogens is 316 g/mol. The van der Waals surface area contributed by atoms with Gasteiger partial charge in [0.2, 0.25) is 0 Å². The van der Waals surface area contributed by atoms with Gasteiger partial charge in [-0.05, 0) is 25.7 Å². The lowest BCUT2D eigenvalue weighted by Crippen LogP contribution is -2.26. The first kappa shape index (κ1) is 16.1. The van der Waals surface area contributed by atoms with Gasteiger partial charge in [-0.3, -0.25) is 4.79 Å². The molecule has 3 heterocycles. The Morgan fingerprint density at radius 3 is 3.13 bits per heavy atom. The van der Waals surface area contributed by atoms with Gasteiger partial charge in [0.25, 0.3) is 11.8 Å². The highest BCUT2D eigenvalue weighted by Gasteiger charge is 2.23. The number of amides is 1. The summed E-state index contributed by atoms with van der Waals surface area (Å²) in [6, 6.07) is 0. The summed E-state index contributed by atoms with van der Waals surface area (Å²) >= 11 is 1.52. The van der Waals surface area contributed by atoms with Crippen LogP contribution >= 0.6 is 11.3 Å². The number of hydrogen-bond donors (Lipinski definition) is 1. The minimum atomic E-state index is -0.161. The maximum absolute atomic E-state index is 12.0. The third-order valence-corrected chi connectivity index (χ3v) is 4.48. The molecule has 8 heteroatoms. The molecule has 1 atom stereocenters. The third kappa shape index (κ3) is 4.14. The summed E-state index contributed by atoms with van der Waals surface area (Å²) in [5.41, 5.74) is 0.478. The van der Waals surface area contributed by atoms with Crippen LogP contribution in [-0.2, 0) is 17.6 Å². The molecule has 3 rings (SSSR count). The summed E-state index contributed by atoms with van der Waals surface area (Å²) in [7, 11) is 0. The lowest BCUT2D eigenvalue weighted by Gasteiger charge is -2.01. The Balaban J connectivity index is 1.46. The van der Waals surface area contributed by atoms with Crippen molar-refractivity contribution in [1.82, 2.24) is 20.4 Å². The van der Waals surface area contributed by atoms with E-state index in [9.17, 15) is 4.79 Å². The van der Waals surface area contributed by atoms with Crippen LogP contribution in [0.1, 0.15) is 59.5 Å². The van der Waals surface area contributed by atoms with Gasteiger partial charge >= 0.3 is 0 Å². The standard InChI is InChI=1S/C15H20N4O3S/c1-2-4-13-17-10(9-23-13)14(20)16-7-6-12-18-15(22-19-12)11-5-3-8-21-11/h9,11H,2-8H2,1H3,(H,16,20)/t11-/m1/s1. The molecule has 2 aromatic rings. The Labute approximate surface area is 138 Å². The van der Waals surface area contributed by atoms with Gasteiger partial charge < -0.3 is 14.6 Å². The van der Waals surface area contributed by atoms with Crippen molar-refractivity contribution < 1.29 is 14.1 Å². The van der Waals surface area contributed by atoms with Gasteiger partial charge in [0.1, 0.15) is 11.8 Å². The number of thiazole rings is 1. The zero-order chi connectivity index (χ0) is 16.1. The van der Waals surface area contributed by atoms with Crippen LogP contribution in [0.25, 0.3) is 0 Å². The Morgan fingerprint density at radius 1 is 1.43 bits per heavy atom. The normalized spacial score (nSPS) is 17.5. The SMILES string of the molecule is CCCc1nc(C(=O)NCCc2noc([C@H]3CCCO3)n2)cs1. The van der Waals surface area contributed by atoms with Crippen molar-refractivity contribution >= 4 is 17.2 Å². The second-order valence-corrected chi connectivity index (χ2v) is 6.38. The first-order valence-corrected chi connectivity index (χ1v) is 8.81. The van der Waals surface area contributed by atoms with Gasteiger partial charge in [-0.25, -0.2) is 4.98 Å². The molecule has 0 radical (unpaired) electrons. The summed E-state index contributed by atoms with van der Waals surface area (Å²) in [5.74, 6) is 0.958. The number of aromatic nitrogens is 3. The average Bonchev–Trinajstić information content (AvgIpc) is 3.28. The smallest absolute Gasteiger partial charge is 0.270 e. The summed E-state index contributed by atoms with van der Waals surface area (Å²) in [6.45, 7) is 3.28. The Hall–Kier alpha value is -1.80. The van der Waals surface area contributed by atoms with Crippen molar-refractivity contribution in [2.24, 2.45) is 0 Å². The number of nitrogens with one attached hydrogen (secondary N) is 1. The molecule has 1 N–H and O–H groups in total. The summed E-state index contributed by atoms with van der Waals surface area (Å²) in [5, 5.41) is 9.55. The Bertz CT molecular complexity index is 649. The molecule has 0 aliphatic carbocycles. The number of carbonyl (C=O) groups excluding carboxylic acids is 1. The van der Waals surface area contributed by atoms with Gasteiger partial charge in [-0.1, -0.05) is 12.1 Å². The van der Waals surface area contributed by atoms with Crippen molar-refractivity contribution in [3.63, 3.8) is 0 Å². The quantitative estimate of drug-likeness (QED) is 0.834. The number of nitrogens with zero attached hydrogens (tertiary/aromatic N) is 3. The molecule has 2 aromatic heterocycles. The lowest BCUT2D eigenvalue weighted by molar-refractivity contribution is 0.0835. The predicted octanol–water partition coefficient (Wildman–Crippen LogP) is 2.30. The molecule has 7 nitrogen and oxygen atoms in total. The van der Waals surface area contributed by atoms with Crippen molar-refractivity contribution in [2.75, 3.05) is 13.2 Å². The zero-order valence-corrected chi connectivity index (χ0v) is 13.9.